The molecule has 17 heavy (non-hydrogen) atoms. The molecule has 94 valence electrons. The molecule has 0 spiro atoms. The molecular formula is C10H13ClN2O3S. The Balaban J connectivity index is 3.00. The number of hydrogen-bond acceptors (Lipinski definition) is 4. The lowest BCUT2D eigenvalue weighted by Gasteiger charge is -2.09. The zero-order chi connectivity index (χ0) is 13.0. The van der Waals surface area contributed by atoms with E-state index in [0.29, 0.717) is 10.6 Å². The van der Waals surface area contributed by atoms with Gasteiger partial charge >= 0.3 is 0 Å². The number of rotatable bonds is 5. The van der Waals surface area contributed by atoms with Crippen LogP contribution in [0.1, 0.15) is 12.5 Å². The van der Waals surface area contributed by atoms with E-state index in [2.05, 4.69) is 0 Å². The van der Waals surface area contributed by atoms with Crippen molar-refractivity contribution >= 4 is 28.1 Å². The van der Waals surface area contributed by atoms with Gasteiger partial charge in [0.05, 0.1) is 10.7 Å². The third kappa shape index (κ3) is 3.76. The minimum atomic E-state index is -1.24. The summed E-state index contributed by atoms with van der Waals surface area (Å²) in [7, 11) is -1.24. The van der Waals surface area contributed by atoms with E-state index in [1.165, 1.54) is 18.2 Å². The van der Waals surface area contributed by atoms with Crippen LogP contribution in [0.15, 0.2) is 18.2 Å². The second-order valence-electron chi connectivity index (χ2n) is 3.60. The number of halogens is 1. The van der Waals surface area contributed by atoms with E-state index >= 15 is 0 Å². The molecule has 0 bridgehead atoms. The Hall–Kier alpha value is -0.980. The molecule has 0 aromatic heterocycles. The highest BCUT2D eigenvalue weighted by Crippen LogP contribution is 2.24. The number of nitro benzene ring substituents is 1. The maximum atomic E-state index is 11.8. The van der Waals surface area contributed by atoms with E-state index in [1.807, 2.05) is 0 Å². The van der Waals surface area contributed by atoms with Crippen LogP contribution in [-0.4, -0.2) is 20.9 Å². The lowest BCUT2D eigenvalue weighted by molar-refractivity contribution is -0.385. The molecule has 2 N–H and O–H groups in total. The number of nitro groups is 1. The average Bonchev–Trinajstić information content (AvgIpc) is 2.27. The van der Waals surface area contributed by atoms with Crippen LogP contribution < -0.4 is 5.73 Å². The van der Waals surface area contributed by atoms with Gasteiger partial charge < -0.3 is 5.73 Å². The molecule has 0 fully saturated rings. The average molecular weight is 277 g/mol. The van der Waals surface area contributed by atoms with E-state index in [1.54, 1.807) is 6.92 Å². The van der Waals surface area contributed by atoms with Gasteiger partial charge in [0.25, 0.3) is 5.69 Å². The van der Waals surface area contributed by atoms with Crippen LogP contribution in [0, 0.1) is 10.1 Å². The standard InChI is InChI=1S/C10H13ClN2O3S/c1-7(5-12)17(16)6-8-4-9(11)2-3-10(8)13(14)15/h2-4,7H,5-6,12H2,1H3. The zero-order valence-electron chi connectivity index (χ0n) is 9.26. The molecule has 0 aliphatic heterocycles. The van der Waals surface area contributed by atoms with Gasteiger partial charge in [0, 0.05) is 39.2 Å². The summed E-state index contributed by atoms with van der Waals surface area (Å²) in [5.74, 6) is 0.0925. The molecule has 0 aliphatic carbocycles. The fraction of sp³-hybridized carbons (Fsp3) is 0.400. The highest BCUT2D eigenvalue weighted by Gasteiger charge is 2.18. The van der Waals surface area contributed by atoms with Gasteiger partial charge in [0.2, 0.25) is 0 Å². The van der Waals surface area contributed by atoms with Crippen molar-refractivity contribution in [1.82, 2.24) is 0 Å². The maximum absolute atomic E-state index is 11.8. The molecule has 2 unspecified atom stereocenters. The molecule has 0 saturated carbocycles. The summed E-state index contributed by atoms with van der Waals surface area (Å²) in [5.41, 5.74) is 5.71. The highest BCUT2D eigenvalue weighted by molar-refractivity contribution is 7.84. The largest absolute Gasteiger partial charge is 0.329 e. The topological polar surface area (TPSA) is 86.2 Å². The summed E-state index contributed by atoms with van der Waals surface area (Å²) >= 11 is 5.77. The quantitative estimate of drug-likeness (QED) is 0.657. The van der Waals surface area contributed by atoms with Crippen molar-refractivity contribution in [3.63, 3.8) is 0 Å². The van der Waals surface area contributed by atoms with E-state index in [4.69, 9.17) is 17.3 Å². The Morgan fingerprint density at radius 2 is 2.24 bits per heavy atom. The van der Waals surface area contributed by atoms with Crippen molar-refractivity contribution in [2.45, 2.75) is 17.9 Å². The van der Waals surface area contributed by atoms with Crippen LogP contribution in [0.5, 0.6) is 0 Å². The van der Waals surface area contributed by atoms with Crippen LogP contribution >= 0.6 is 11.6 Å². The smallest absolute Gasteiger partial charge is 0.273 e. The molecule has 0 aliphatic rings. The minimum Gasteiger partial charge on any atom is -0.329 e. The second kappa shape index (κ2) is 6.09. The third-order valence-corrected chi connectivity index (χ3v) is 4.24. The molecule has 1 rings (SSSR count). The van der Waals surface area contributed by atoms with Crippen LogP contribution in [0.2, 0.25) is 5.02 Å². The Bertz CT molecular complexity index is 453. The Kier molecular flexibility index (Phi) is 5.04. The molecule has 0 saturated heterocycles. The molecule has 1 aromatic rings. The molecule has 0 radical (unpaired) electrons. The fourth-order valence-electron chi connectivity index (χ4n) is 1.25. The second-order valence-corrected chi connectivity index (χ2v) is 5.89. The van der Waals surface area contributed by atoms with Crippen LogP contribution in [0.4, 0.5) is 5.69 Å². The SMILES string of the molecule is CC(CN)S(=O)Cc1cc(Cl)ccc1[N+](=O)[O-]. The predicted octanol–water partition coefficient (Wildman–Crippen LogP) is 1.84. The van der Waals surface area contributed by atoms with Gasteiger partial charge in [-0.2, -0.15) is 0 Å². The number of hydrogen-bond donors (Lipinski definition) is 1. The first-order valence-electron chi connectivity index (χ1n) is 4.95. The fourth-order valence-corrected chi connectivity index (χ4v) is 2.48. The number of benzene rings is 1. The monoisotopic (exact) mass is 276 g/mol. The molecule has 0 amide bonds. The van der Waals surface area contributed by atoms with Gasteiger partial charge in [-0.05, 0) is 19.1 Å². The molecule has 2 atom stereocenters. The molecular weight excluding hydrogens is 264 g/mol. The van der Waals surface area contributed by atoms with Gasteiger partial charge in [-0.1, -0.05) is 11.6 Å². The van der Waals surface area contributed by atoms with Gasteiger partial charge in [-0.15, -0.1) is 0 Å². The summed E-state index contributed by atoms with van der Waals surface area (Å²) in [6.07, 6.45) is 0. The van der Waals surface area contributed by atoms with E-state index in [0.717, 1.165) is 0 Å². The molecule has 0 heterocycles. The first kappa shape index (κ1) is 14.1. The Labute approximate surface area is 107 Å². The van der Waals surface area contributed by atoms with Gasteiger partial charge in [0.1, 0.15) is 0 Å². The molecule has 5 nitrogen and oxygen atoms in total. The van der Waals surface area contributed by atoms with Crippen molar-refractivity contribution < 1.29 is 9.13 Å². The summed E-state index contributed by atoms with van der Waals surface area (Å²) in [5, 5.41) is 11.0. The maximum Gasteiger partial charge on any atom is 0.273 e. The highest BCUT2D eigenvalue weighted by atomic mass is 35.5. The summed E-state index contributed by atoms with van der Waals surface area (Å²) in [4.78, 5) is 10.3. The van der Waals surface area contributed by atoms with Crippen molar-refractivity contribution in [2.24, 2.45) is 5.73 Å². The van der Waals surface area contributed by atoms with Crippen molar-refractivity contribution in [2.75, 3.05) is 6.54 Å². The van der Waals surface area contributed by atoms with Gasteiger partial charge in [0.15, 0.2) is 0 Å². The first-order valence-corrected chi connectivity index (χ1v) is 6.71. The summed E-state index contributed by atoms with van der Waals surface area (Å²) < 4.78 is 11.8. The number of nitrogens with two attached hydrogens (primary N) is 1. The van der Waals surface area contributed by atoms with Gasteiger partial charge in [-0.3, -0.25) is 14.3 Å². The minimum absolute atomic E-state index is 0.0630. The van der Waals surface area contributed by atoms with Crippen LogP contribution in [0.3, 0.4) is 0 Å². The summed E-state index contributed by atoms with van der Waals surface area (Å²) in [6.45, 7) is 2.02. The van der Waals surface area contributed by atoms with Crippen molar-refractivity contribution in [3.05, 3.63) is 38.9 Å². The normalized spacial score (nSPS) is 14.3. The third-order valence-electron chi connectivity index (χ3n) is 2.32. The molecule has 1 aromatic carbocycles. The van der Waals surface area contributed by atoms with E-state index < -0.39 is 15.7 Å². The van der Waals surface area contributed by atoms with E-state index in [9.17, 15) is 14.3 Å². The van der Waals surface area contributed by atoms with E-state index in [-0.39, 0.29) is 23.2 Å². The lowest BCUT2D eigenvalue weighted by Crippen LogP contribution is -2.23. The van der Waals surface area contributed by atoms with Crippen molar-refractivity contribution in [3.8, 4) is 0 Å². The van der Waals surface area contributed by atoms with Crippen LogP contribution in [-0.2, 0) is 16.6 Å². The Morgan fingerprint density at radius 3 is 2.76 bits per heavy atom. The zero-order valence-corrected chi connectivity index (χ0v) is 10.8. The lowest BCUT2D eigenvalue weighted by atomic mass is 10.2. The van der Waals surface area contributed by atoms with Gasteiger partial charge in [-0.25, -0.2) is 0 Å². The van der Waals surface area contributed by atoms with Crippen LogP contribution in [0.25, 0.3) is 0 Å². The molecule has 7 heteroatoms. The first-order chi connectivity index (χ1) is 7.95. The Morgan fingerprint density at radius 1 is 1.59 bits per heavy atom. The predicted molar refractivity (Wildman–Crippen MR) is 68.5 cm³/mol. The summed E-state index contributed by atoms with van der Waals surface area (Å²) in [6, 6.07) is 4.24. The van der Waals surface area contributed by atoms with Crippen molar-refractivity contribution in [1.29, 1.82) is 0 Å². The number of nitrogens with zero attached hydrogens (tertiary/aromatic N) is 1.